The number of nitrogens with zero attached hydrogens (tertiary/aromatic N) is 3. The van der Waals surface area contributed by atoms with Crippen LogP contribution in [0.2, 0.25) is 0 Å². The van der Waals surface area contributed by atoms with Crippen molar-refractivity contribution >= 4 is 6.03 Å². The number of urea groups is 1. The summed E-state index contributed by atoms with van der Waals surface area (Å²) in [6.07, 6.45) is 8.68. The van der Waals surface area contributed by atoms with E-state index >= 15 is 0 Å². The van der Waals surface area contributed by atoms with Gasteiger partial charge in [0.25, 0.3) is 0 Å². The minimum Gasteiger partial charge on any atom is -0.319 e. The molecule has 5 heteroatoms. The first kappa shape index (κ1) is 20.9. The third-order valence-electron chi connectivity index (χ3n) is 7.24. The van der Waals surface area contributed by atoms with Gasteiger partial charge in [0.1, 0.15) is 5.82 Å². The number of piperidine rings is 1. The van der Waals surface area contributed by atoms with Gasteiger partial charge in [0.2, 0.25) is 0 Å². The number of likely N-dealkylation sites (tertiary alicyclic amines) is 2. The molecule has 0 bridgehead atoms. The van der Waals surface area contributed by atoms with Crippen molar-refractivity contribution in [2.75, 3.05) is 33.2 Å². The smallest absolute Gasteiger partial charge is 0.319 e. The number of rotatable bonds is 3. The molecule has 3 aliphatic rings. The lowest BCUT2D eigenvalue weighted by molar-refractivity contribution is 0.0596. The Morgan fingerprint density at radius 3 is 2.40 bits per heavy atom. The molecule has 2 amide bonds. The highest BCUT2D eigenvalue weighted by Crippen LogP contribution is 2.42. The van der Waals surface area contributed by atoms with Gasteiger partial charge in [-0.25, -0.2) is 9.18 Å². The van der Waals surface area contributed by atoms with E-state index in [-0.39, 0.29) is 23.4 Å². The molecule has 0 saturated carbocycles. The summed E-state index contributed by atoms with van der Waals surface area (Å²) in [6, 6.07) is 6.34. The standard InChI is InChI=1S/C25H32FN3O/c1-4-19-11-16-28(23(22(19)5-2)20-7-9-21(26)10-8-20)24(30)29-15-6-12-25(29)13-17-27(3)18-14-25/h4-5,7-10,23H,1-2,6,11-18H2,3H3/t23-/m0/s1. The second kappa shape index (κ2) is 8.38. The second-order valence-electron chi connectivity index (χ2n) is 8.85. The number of hydrogen-bond donors (Lipinski definition) is 0. The summed E-state index contributed by atoms with van der Waals surface area (Å²) >= 11 is 0. The fourth-order valence-electron chi connectivity index (χ4n) is 5.48. The van der Waals surface area contributed by atoms with Crippen molar-refractivity contribution in [2.24, 2.45) is 0 Å². The Balaban J connectivity index is 1.70. The molecular weight excluding hydrogens is 377 g/mol. The molecule has 2 fully saturated rings. The average Bonchev–Trinajstić information content (AvgIpc) is 3.18. The molecule has 1 aromatic carbocycles. The maximum atomic E-state index is 13.9. The highest BCUT2D eigenvalue weighted by atomic mass is 19.1. The third kappa shape index (κ3) is 3.60. The zero-order valence-corrected chi connectivity index (χ0v) is 17.9. The predicted molar refractivity (Wildman–Crippen MR) is 119 cm³/mol. The van der Waals surface area contributed by atoms with Gasteiger partial charge < -0.3 is 14.7 Å². The zero-order chi connectivity index (χ0) is 21.3. The van der Waals surface area contributed by atoms with E-state index in [1.165, 1.54) is 12.1 Å². The van der Waals surface area contributed by atoms with Crippen LogP contribution < -0.4 is 0 Å². The predicted octanol–water partition coefficient (Wildman–Crippen LogP) is 4.92. The summed E-state index contributed by atoms with van der Waals surface area (Å²) in [7, 11) is 2.15. The molecule has 0 aliphatic carbocycles. The SMILES string of the molecule is C=CC1=C(C=C)[C@H](c2ccc(F)cc2)N(C(=O)N2CCCC23CCN(C)CC3)CC1. The number of carbonyl (C=O) groups excluding carboxylic acids is 1. The molecule has 0 radical (unpaired) electrons. The molecule has 0 unspecified atom stereocenters. The fraction of sp³-hybridized carbons (Fsp3) is 0.480. The molecule has 4 nitrogen and oxygen atoms in total. The van der Waals surface area contributed by atoms with Crippen LogP contribution in [0.1, 0.15) is 43.7 Å². The minimum absolute atomic E-state index is 0.0201. The van der Waals surface area contributed by atoms with Gasteiger partial charge >= 0.3 is 6.03 Å². The number of carbonyl (C=O) groups is 1. The number of hydrogen-bond acceptors (Lipinski definition) is 2. The minimum atomic E-state index is -0.273. The van der Waals surface area contributed by atoms with Gasteiger partial charge in [-0.15, -0.1) is 0 Å². The van der Waals surface area contributed by atoms with Gasteiger partial charge in [-0.3, -0.25) is 0 Å². The Morgan fingerprint density at radius 2 is 1.77 bits per heavy atom. The first-order chi connectivity index (χ1) is 14.5. The number of halogens is 1. The summed E-state index contributed by atoms with van der Waals surface area (Å²) in [4.78, 5) is 20.4. The maximum Gasteiger partial charge on any atom is 0.321 e. The fourth-order valence-corrected chi connectivity index (χ4v) is 5.48. The van der Waals surface area contributed by atoms with Crippen molar-refractivity contribution in [1.29, 1.82) is 0 Å². The van der Waals surface area contributed by atoms with E-state index in [0.717, 1.165) is 68.4 Å². The number of benzene rings is 1. The Labute approximate surface area is 179 Å². The highest BCUT2D eigenvalue weighted by molar-refractivity contribution is 5.77. The second-order valence-corrected chi connectivity index (χ2v) is 8.85. The topological polar surface area (TPSA) is 26.8 Å². The molecule has 0 aromatic heterocycles. The van der Waals surface area contributed by atoms with E-state index < -0.39 is 0 Å². The molecule has 2 saturated heterocycles. The molecular formula is C25H32FN3O. The van der Waals surface area contributed by atoms with Crippen molar-refractivity contribution in [3.63, 3.8) is 0 Å². The van der Waals surface area contributed by atoms with Crippen molar-refractivity contribution in [2.45, 2.75) is 43.7 Å². The molecule has 1 aromatic rings. The highest BCUT2D eigenvalue weighted by Gasteiger charge is 2.47. The summed E-state index contributed by atoms with van der Waals surface area (Å²) in [5.41, 5.74) is 3.00. The molecule has 1 atom stereocenters. The van der Waals surface area contributed by atoms with E-state index in [2.05, 4.69) is 30.0 Å². The lowest BCUT2D eigenvalue weighted by Crippen LogP contribution is -2.57. The summed E-state index contributed by atoms with van der Waals surface area (Å²) in [5, 5.41) is 0. The van der Waals surface area contributed by atoms with Gasteiger partial charge in [0.05, 0.1) is 6.04 Å². The van der Waals surface area contributed by atoms with Crippen LogP contribution in [0.25, 0.3) is 0 Å². The molecule has 1 spiro atoms. The van der Waals surface area contributed by atoms with Gasteiger partial charge in [-0.05, 0) is 68.0 Å². The van der Waals surface area contributed by atoms with Crippen molar-refractivity contribution < 1.29 is 9.18 Å². The van der Waals surface area contributed by atoms with E-state index in [9.17, 15) is 9.18 Å². The van der Waals surface area contributed by atoms with Crippen LogP contribution in [-0.2, 0) is 0 Å². The van der Waals surface area contributed by atoms with E-state index in [1.807, 2.05) is 17.1 Å². The van der Waals surface area contributed by atoms with Crippen molar-refractivity contribution in [1.82, 2.24) is 14.7 Å². The van der Waals surface area contributed by atoms with E-state index in [0.29, 0.717) is 6.54 Å². The van der Waals surface area contributed by atoms with Crippen LogP contribution >= 0.6 is 0 Å². The average molecular weight is 410 g/mol. The molecule has 160 valence electrons. The molecule has 4 rings (SSSR count). The van der Waals surface area contributed by atoms with Crippen LogP contribution in [0.15, 0.2) is 60.7 Å². The molecule has 3 heterocycles. The van der Waals surface area contributed by atoms with Gasteiger partial charge in [-0.1, -0.05) is 37.4 Å². The summed E-state index contributed by atoms with van der Waals surface area (Å²) in [6.45, 7) is 11.5. The van der Waals surface area contributed by atoms with Crippen molar-refractivity contribution in [3.8, 4) is 0 Å². The lowest BCUT2D eigenvalue weighted by atomic mass is 9.84. The number of amides is 2. The van der Waals surface area contributed by atoms with E-state index in [4.69, 9.17) is 0 Å². The zero-order valence-electron chi connectivity index (χ0n) is 17.9. The van der Waals surface area contributed by atoms with Crippen LogP contribution in [0.5, 0.6) is 0 Å². The van der Waals surface area contributed by atoms with Crippen LogP contribution in [0.3, 0.4) is 0 Å². The Morgan fingerprint density at radius 1 is 1.07 bits per heavy atom. The molecule has 30 heavy (non-hydrogen) atoms. The first-order valence-corrected chi connectivity index (χ1v) is 11.0. The van der Waals surface area contributed by atoms with Crippen LogP contribution in [0, 0.1) is 5.82 Å². The summed E-state index contributed by atoms with van der Waals surface area (Å²) < 4.78 is 13.6. The largest absolute Gasteiger partial charge is 0.321 e. The Kier molecular flexibility index (Phi) is 5.83. The van der Waals surface area contributed by atoms with Gasteiger partial charge in [0.15, 0.2) is 0 Å². The maximum absolute atomic E-state index is 13.9. The molecule has 0 N–H and O–H groups in total. The normalized spacial score (nSPS) is 24.4. The van der Waals surface area contributed by atoms with Gasteiger partial charge in [0, 0.05) is 31.7 Å². The van der Waals surface area contributed by atoms with Gasteiger partial charge in [-0.2, -0.15) is 0 Å². The third-order valence-corrected chi connectivity index (χ3v) is 7.24. The number of allylic oxidation sites excluding steroid dienone is 1. The monoisotopic (exact) mass is 409 g/mol. The molecule has 3 aliphatic heterocycles. The first-order valence-electron chi connectivity index (χ1n) is 11.0. The van der Waals surface area contributed by atoms with Crippen LogP contribution in [-0.4, -0.2) is 59.5 Å². The van der Waals surface area contributed by atoms with Crippen LogP contribution in [0.4, 0.5) is 9.18 Å². The lowest BCUT2D eigenvalue weighted by Gasteiger charge is -2.48. The quantitative estimate of drug-likeness (QED) is 0.708. The van der Waals surface area contributed by atoms with Crippen molar-refractivity contribution in [3.05, 3.63) is 72.1 Å². The Hall–Kier alpha value is -2.40. The van der Waals surface area contributed by atoms with E-state index in [1.54, 1.807) is 12.1 Å². The summed E-state index contributed by atoms with van der Waals surface area (Å²) in [5.74, 6) is -0.273. The Bertz CT molecular complexity index is 852.